The summed E-state index contributed by atoms with van der Waals surface area (Å²) in [4.78, 5) is 2.54. The molecule has 18 heavy (non-hydrogen) atoms. The van der Waals surface area contributed by atoms with E-state index < -0.39 is 0 Å². The number of nitrogens with one attached hydrogen (secondary N) is 1. The highest BCUT2D eigenvalue weighted by molar-refractivity contribution is 4.86. The molecule has 1 N–H and O–H groups in total. The fourth-order valence-electron chi connectivity index (χ4n) is 2.39. The average Bonchev–Trinajstić information content (AvgIpc) is 2.35. The molecule has 1 atom stereocenters. The molecule has 0 aromatic heterocycles. The molecule has 1 fully saturated rings. The van der Waals surface area contributed by atoms with E-state index in [-0.39, 0.29) is 5.54 Å². The van der Waals surface area contributed by atoms with E-state index in [0.29, 0.717) is 6.04 Å². The zero-order chi connectivity index (χ0) is 13.6. The minimum Gasteiger partial charge on any atom is -0.379 e. The summed E-state index contributed by atoms with van der Waals surface area (Å²) < 4.78 is 5.42. The zero-order valence-electron chi connectivity index (χ0n) is 13.0. The number of ether oxygens (including phenoxy) is 1. The van der Waals surface area contributed by atoms with Gasteiger partial charge >= 0.3 is 0 Å². The topological polar surface area (TPSA) is 24.5 Å². The van der Waals surface area contributed by atoms with E-state index in [1.165, 1.54) is 12.8 Å². The Morgan fingerprint density at radius 3 is 2.28 bits per heavy atom. The first-order chi connectivity index (χ1) is 8.42. The molecule has 1 saturated heterocycles. The summed E-state index contributed by atoms with van der Waals surface area (Å²) in [5, 5.41) is 3.69. The first kappa shape index (κ1) is 15.9. The Morgan fingerprint density at radius 2 is 1.72 bits per heavy atom. The molecule has 1 rings (SSSR count). The number of morpholine rings is 1. The molecular formula is C15H32N2O. The lowest BCUT2D eigenvalue weighted by molar-refractivity contribution is -0.0103. The van der Waals surface area contributed by atoms with Gasteiger partial charge < -0.3 is 10.1 Å². The monoisotopic (exact) mass is 256 g/mol. The normalized spacial score (nSPS) is 20.3. The lowest BCUT2D eigenvalue weighted by atomic mass is 10.00. The molecule has 0 aromatic rings. The van der Waals surface area contributed by atoms with E-state index >= 15 is 0 Å². The highest BCUT2D eigenvalue weighted by Crippen LogP contribution is 2.16. The Balaban J connectivity index is 2.26. The Kier molecular flexibility index (Phi) is 6.61. The van der Waals surface area contributed by atoms with E-state index in [9.17, 15) is 0 Å². The van der Waals surface area contributed by atoms with E-state index in [2.05, 4.69) is 44.8 Å². The van der Waals surface area contributed by atoms with Crippen LogP contribution in [0.1, 0.15) is 47.5 Å². The second-order valence-electron chi connectivity index (χ2n) is 6.67. The summed E-state index contributed by atoms with van der Waals surface area (Å²) in [5.41, 5.74) is 0.232. The molecular weight excluding hydrogens is 224 g/mol. The molecule has 108 valence electrons. The van der Waals surface area contributed by atoms with E-state index in [1.807, 2.05) is 0 Å². The van der Waals surface area contributed by atoms with Crippen molar-refractivity contribution in [3.8, 4) is 0 Å². The van der Waals surface area contributed by atoms with Crippen LogP contribution >= 0.6 is 0 Å². The van der Waals surface area contributed by atoms with Gasteiger partial charge in [-0.15, -0.1) is 0 Å². The Labute approximate surface area is 113 Å². The molecule has 0 radical (unpaired) electrons. The van der Waals surface area contributed by atoms with Gasteiger partial charge in [-0.2, -0.15) is 0 Å². The van der Waals surface area contributed by atoms with Gasteiger partial charge in [-0.05, 0) is 39.5 Å². The van der Waals surface area contributed by atoms with Gasteiger partial charge in [0.25, 0.3) is 0 Å². The van der Waals surface area contributed by atoms with Crippen LogP contribution in [-0.4, -0.2) is 49.3 Å². The van der Waals surface area contributed by atoms with Crippen molar-refractivity contribution in [3.63, 3.8) is 0 Å². The number of hydrogen-bond acceptors (Lipinski definition) is 3. The van der Waals surface area contributed by atoms with Crippen LogP contribution in [0.2, 0.25) is 0 Å². The molecule has 0 aliphatic carbocycles. The number of nitrogens with zero attached hydrogens (tertiary/aromatic N) is 1. The Bertz CT molecular complexity index is 223. The van der Waals surface area contributed by atoms with Crippen molar-refractivity contribution in [1.29, 1.82) is 0 Å². The first-order valence-electron chi connectivity index (χ1n) is 7.48. The summed E-state index contributed by atoms with van der Waals surface area (Å²) in [6, 6.07) is 0.618. The van der Waals surface area contributed by atoms with Gasteiger partial charge in [0.2, 0.25) is 0 Å². The summed E-state index contributed by atoms with van der Waals surface area (Å²) in [7, 11) is 0. The fourth-order valence-corrected chi connectivity index (χ4v) is 2.39. The number of rotatable bonds is 7. The van der Waals surface area contributed by atoms with Crippen LogP contribution in [0.15, 0.2) is 0 Å². The largest absolute Gasteiger partial charge is 0.379 e. The highest BCUT2D eigenvalue weighted by atomic mass is 16.5. The molecule has 1 aliphatic rings. The molecule has 1 unspecified atom stereocenters. The third-order valence-corrected chi connectivity index (χ3v) is 3.93. The molecule has 0 bridgehead atoms. The van der Waals surface area contributed by atoms with Crippen LogP contribution in [0.25, 0.3) is 0 Å². The minimum absolute atomic E-state index is 0.232. The van der Waals surface area contributed by atoms with E-state index in [1.54, 1.807) is 0 Å². The molecule has 3 heteroatoms. The Hall–Kier alpha value is -0.120. The lowest BCUT2D eigenvalue weighted by Gasteiger charge is -2.41. The first-order valence-corrected chi connectivity index (χ1v) is 7.48. The summed E-state index contributed by atoms with van der Waals surface area (Å²) in [6.45, 7) is 16.5. The summed E-state index contributed by atoms with van der Waals surface area (Å²) in [6.07, 6.45) is 2.59. The van der Waals surface area contributed by atoms with Crippen molar-refractivity contribution >= 4 is 0 Å². The molecule has 0 amide bonds. The van der Waals surface area contributed by atoms with E-state index in [4.69, 9.17) is 4.74 Å². The van der Waals surface area contributed by atoms with Crippen molar-refractivity contribution < 1.29 is 4.74 Å². The molecule has 0 aromatic carbocycles. The maximum atomic E-state index is 5.42. The molecule has 0 saturated carbocycles. The van der Waals surface area contributed by atoms with Crippen molar-refractivity contribution in [2.75, 3.05) is 32.8 Å². The third-order valence-electron chi connectivity index (χ3n) is 3.93. The standard InChI is InChI=1S/C15H32N2O/c1-13(2)6-7-14(3)16-12-15(4,5)17-8-10-18-11-9-17/h13-14,16H,6-12H2,1-5H3. The van der Waals surface area contributed by atoms with Gasteiger partial charge in [0, 0.05) is 31.2 Å². The van der Waals surface area contributed by atoms with Crippen LogP contribution in [0, 0.1) is 5.92 Å². The lowest BCUT2D eigenvalue weighted by Crippen LogP contribution is -2.55. The zero-order valence-corrected chi connectivity index (χ0v) is 13.0. The van der Waals surface area contributed by atoms with Crippen LogP contribution in [0.5, 0.6) is 0 Å². The second kappa shape index (κ2) is 7.46. The van der Waals surface area contributed by atoms with Crippen molar-refractivity contribution in [2.45, 2.75) is 59.0 Å². The molecule has 1 aliphatic heterocycles. The van der Waals surface area contributed by atoms with Gasteiger partial charge in [-0.25, -0.2) is 0 Å². The van der Waals surface area contributed by atoms with Crippen LogP contribution in [0.3, 0.4) is 0 Å². The summed E-state index contributed by atoms with van der Waals surface area (Å²) in [5.74, 6) is 0.807. The van der Waals surface area contributed by atoms with Crippen LogP contribution in [-0.2, 0) is 4.74 Å². The quantitative estimate of drug-likeness (QED) is 0.757. The SMILES string of the molecule is CC(C)CCC(C)NCC(C)(C)N1CCOCC1. The number of hydrogen-bond donors (Lipinski definition) is 1. The van der Waals surface area contributed by atoms with Crippen LogP contribution in [0.4, 0.5) is 0 Å². The maximum Gasteiger partial charge on any atom is 0.0594 e. The Morgan fingerprint density at radius 1 is 1.11 bits per heavy atom. The summed E-state index contributed by atoms with van der Waals surface area (Å²) >= 11 is 0. The predicted molar refractivity (Wildman–Crippen MR) is 78.0 cm³/mol. The predicted octanol–water partition coefficient (Wildman–Crippen LogP) is 2.51. The van der Waals surface area contributed by atoms with E-state index in [0.717, 1.165) is 38.8 Å². The van der Waals surface area contributed by atoms with Gasteiger partial charge in [0.15, 0.2) is 0 Å². The van der Waals surface area contributed by atoms with Crippen LogP contribution < -0.4 is 5.32 Å². The smallest absolute Gasteiger partial charge is 0.0594 e. The molecule has 1 heterocycles. The van der Waals surface area contributed by atoms with Crippen molar-refractivity contribution in [2.24, 2.45) is 5.92 Å². The minimum atomic E-state index is 0.232. The molecule has 0 spiro atoms. The maximum absolute atomic E-state index is 5.42. The third kappa shape index (κ3) is 5.68. The van der Waals surface area contributed by atoms with Gasteiger partial charge in [-0.3, -0.25) is 4.90 Å². The van der Waals surface area contributed by atoms with Gasteiger partial charge in [0.1, 0.15) is 0 Å². The van der Waals surface area contributed by atoms with Crippen molar-refractivity contribution in [1.82, 2.24) is 10.2 Å². The van der Waals surface area contributed by atoms with Gasteiger partial charge in [0.05, 0.1) is 13.2 Å². The van der Waals surface area contributed by atoms with Crippen molar-refractivity contribution in [3.05, 3.63) is 0 Å². The van der Waals surface area contributed by atoms with Gasteiger partial charge in [-0.1, -0.05) is 13.8 Å². The second-order valence-corrected chi connectivity index (χ2v) is 6.67. The average molecular weight is 256 g/mol. The molecule has 3 nitrogen and oxygen atoms in total. The highest BCUT2D eigenvalue weighted by Gasteiger charge is 2.28. The fraction of sp³-hybridized carbons (Fsp3) is 1.00.